The molecule has 1 aliphatic heterocycles. The van der Waals surface area contributed by atoms with Crippen molar-refractivity contribution in [1.82, 2.24) is 10.2 Å². The third-order valence-corrected chi connectivity index (χ3v) is 2.26. The second-order valence-corrected chi connectivity index (χ2v) is 3.24. The molecule has 5 heteroatoms. The van der Waals surface area contributed by atoms with E-state index in [2.05, 4.69) is 5.32 Å². The van der Waals surface area contributed by atoms with Gasteiger partial charge in [-0.15, -0.1) is 0 Å². The van der Waals surface area contributed by atoms with Crippen LogP contribution in [-0.4, -0.2) is 36.5 Å². The van der Waals surface area contributed by atoms with Gasteiger partial charge in [0.15, 0.2) is 0 Å². The molecule has 3 amide bonds. The van der Waals surface area contributed by atoms with E-state index in [1.165, 1.54) is 4.90 Å². The van der Waals surface area contributed by atoms with Gasteiger partial charge in [0.25, 0.3) is 0 Å². The Bertz CT molecular complexity index is 213. The highest BCUT2D eigenvalue weighted by Gasteiger charge is 2.27. The zero-order valence-electron chi connectivity index (χ0n) is 7.75. The number of urea groups is 1. The summed E-state index contributed by atoms with van der Waals surface area (Å²) in [6.45, 7) is 3.32. The van der Waals surface area contributed by atoms with Crippen molar-refractivity contribution in [3.05, 3.63) is 0 Å². The molecule has 3 N–H and O–H groups in total. The summed E-state index contributed by atoms with van der Waals surface area (Å²) >= 11 is 0. The number of imide groups is 1. The standard InChI is InChI=1S/C8H15N3O2/c1-2-6(3-9)4-11-5-7(12)10-8(11)13/h6H,2-5,9H2,1H3,(H,10,12,13). The molecule has 0 saturated carbocycles. The van der Waals surface area contributed by atoms with Crippen LogP contribution < -0.4 is 11.1 Å². The van der Waals surface area contributed by atoms with Gasteiger partial charge < -0.3 is 10.6 Å². The molecule has 0 aromatic rings. The van der Waals surface area contributed by atoms with E-state index in [-0.39, 0.29) is 24.4 Å². The Labute approximate surface area is 77.3 Å². The second-order valence-electron chi connectivity index (χ2n) is 3.24. The van der Waals surface area contributed by atoms with Gasteiger partial charge >= 0.3 is 6.03 Å². The van der Waals surface area contributed by atoms with Crippen molar-refractivity contribution in [3.8, 4) is 0 Å². The van der Waals surface area contributed by atoms with Gasteiger partial charge in [0.1, 0.15) is 6.54 Å². The summed E-state index contributed by atoms with van der Waals surface area (Å²) in [7, 11) is 0. The Morgan fingerprint density at radius 2 is 2.31 bits per heavy atom. The minimum atomic E-state index is -0.295. The molecule has 74 valence electrons. The summed E-state index contributed by atoms with van der Waals surface area (Å²) in [6, 6.07) is -0.295. The number of rotatable bonds is 4. The van der Waals surface area contributed by atoms with E-state index < -0.39 is 0 Å². The van der Waals surface area contributed by atoms with Crippen LogP contribution in [0.5, 0.6) is 0 Å². The van der Waals surface area contributed by atoms with E-state index in [0.717, 1.165) is 6.42 Å². The van der Waals surface area contributed by atoms with E-state index in [0.29, 0.717) is 13.1 Å². The average Bonchev–Trinajstić information content (AvgIpc) is 2.41. The van der Waals surface area contributed by atoms with Crippen molar-refractivity contribution in [1.29, 1.82) is 0 Å². The number of nitrogens with one attached hydrogen (secondary N) is 1. The molecule has 1 fully saturated rings. The van der Waals surface area contributed by atoms with Crippen LogP contribution in [-0.2, 0) is 4.79 Å². The van der Waals surface area contributed by atoms with Crippen molar-refractivity contribution < 1.29 is 9.59 Å². The molecule has 5 nitrogen and oxygen atoms in total. The summed E-state index contributed by atoms with van der Waals surface area (Å²) in [4.78, 5) is 23.4. The first-order valence-corrected chi connectivity index (χ1v) is 4.46. The van der Waals surface area contributed by atoms with E-state index in [9.17, 15) is 9.59 Å². The van der Waals surface area contributed by atoms with Crippen molar-refractivity contribution in [2.45, 2.75) is 13.3 Å². The van der Waals surface area contributed by atoms with Gasteiger partial charge in [-0.25, -0.2) is 4.79 Å². The lowest BCUT2D eigenvalue weighted by molar-refractivity contribution is -0.118. The lowest BCUT2D eigenvalue weighted by atomic mass is 10.1. The highest BCUT2D eigenvalue weighted by atomic mass is 16.2. The molecule has 0 aliphatic carbocycles. The molecule has 13 heavy (non-hydrogen) atoms. The van der Waals surface area contributed by atoms with Crippen molar-refractivity contribution in [2.75, 3.05) is 19.6 Å². The summed E-state index contributed by atoms with van der Waals surface area (Å²) in [5.74, 6) is 0.0634. The van der Waals surface area contributed by atoms with Gasteiger partial charge in [0.2, 0.25) is 5.91 Å². The predicted octanol–water partition coefficient (Wildman–Crippen LogP) is -0.477. The molecule has 1 rings (SSSR count). The van der Waals surface area contributed by atoms with Crippen molar-refractivity contribution in [2.24, 2.45) is 11.7 Å². The highest BCUT2D eigenvalue weighted by Crippen LogP contribution is 2.06. The third-order valence-electron chi connectivity index (χ3n) is 2.26. The number of nitrogens with zero attached hydrogens (tertiary/aromatic N) is 1. The van der Waals surface area contributed by atoms with E-state index in [4.69, 9.17) is 5.73 Å². The maximum atomic E-state index is 11.1. The topological polar surface area (TPSA) is 75.4 Å². The second kappa shape index (κ2) is 4.23. The van der Waals surface area contributed by atoms with Gasteiger partial charge in [0.05, 0.1) is 0 Å². The molecule has 0 aromatic heterocycles. The van der Waals surface area contributed by atoms with Gasteiger partial charge in [-0.05, 0) is 12.5 Å². The Morgan fingerprint density at radius 3 is 2.69 bits per heavy atom. The molecule has 0 bridgehead atoms. The van der Waals surface area contributed by atoms with Gasteiger partial charge in [-0.1, -0.05) is 13.3 Å². The number of amides is 3. The monoisotopic (exact) mass is 185 g/mol. The van der Waals surface area contributed by atoms with Crippen LogP contribution in [0.1, 0.15) is 13.3 Å². The Kier molecular flexibility index (Phi) is 3.25. The molecular weight excluding hydrogens is 170 g/mol. The molecule has 0 spiro atoms. The van der Waals surface area contributed by atoms with Crippen LogP contribution >= 0.6 is 0 Å². The average molecular weight is 185 g/mol. The van der Waals surface area contributed by atoms with E-state index >= 15 is 0 Å². The van der Waals surface area contributed by atoms with Crippen LogP contribution in [0.2, 0.25) is 0 Å². The molecule has 1 atom stereocenters. The molecule has 1 aliphatic rings. The minimum absolute atomic E-state index is 0.176. The summed E-state index contributed by atoms with van der Waals surface area (Å²) in [6.07, 6.45) is 0.925. The van der Waals surface area contributed by atoms with Crippen LogP contribution in [0.4, 0.5) is 4.79 Å². The normalized spacial score (nSPS) is 19.1. The lowest BCUT2D eigenvalue weighted by Crippen LogP contribution is -2.35. The first kappa shape index (κ1) is 9.98. The van der Waals surface area contributed by atoms with Crippen LogP contribution in [0, 0.1) is 5.92 Å². The third kappa shape index (κ3) is 2.42. The van der Waals surface area contributed by atoms with Crippen molar-refractivity contribution in [3.63, 3.8) is 0 Å². The van der Waals surface area contributed by atoms with Gasteiger partial charge in [-0.3, -0.25) is 10.1 Å². The maximum absolute atomic E-state index is 11.1. The molecule has 1 saturated heterocycles. The zero-order chi connectivity index (χ0) is 9.84. The Morgan fingerprint density at radius 1 is 1.62 bits per heavy atom. The first-order chi connectivity index (χ1) is 6.17. The fourth-order valence-corrected chi connectivity index (χ4v) is 1.31. The number of hydrogen-bond donors (Lipinski definition) is 2. The smallest absolute Gasteiger partial charge is 0.324 e. The fourth-order valence-electron chi connectivity index (χ4n) is 1.31. The Hall–Kier alpha value is -1.10. The predicted molar refractivity (Wildman–Crippen MR) is 47.9 cm³/mol. The molecule has 0 aromatic carbocycles. The molecular formula is C8H15N3O2. The SMILES string of the molecule is CCC(CN)CN1CC(=O)NC1=O. The molecule has 1 heterocycles. The number of nitrogens with two attached hydrogens (primary N) is 1. The zero-order valence-corrected chi connectivity index (χ0v) is 7.75. The fraction of sp³-hybridized carbons (Fsp3) is 0.750. The summed E-state index contributed by atoms with van der Waals surface area (Å²) < 4.78 is 0. The number of carbonyl (C=O) groups is 2. The summed E-state index contributed by atoms with van der Waals surface area (Å²) in [5.41, 5.74) is 5.50. The maximum Gasteiger partial charge on any atom is 0.324 e. The minimum Gasteiger partial charge on any atom is -0.330 e. The number of hydrogen-bond acceptors (Lipinski definition) is 3. The van der Waals surface area contributed by atoms with Gasteiger partial charge in [-0.2, -0.15) is 0 Å². The van der Waals surface area contributed by atoms with Gasteiger partial charge in [0, 0.05) is 6.54 Å². The summed E-state index contributed by atoms with van der Waals surface area (Å²) in [5, 5.41) is 2.23. The quantitative estimate of drug-likeness (QED) is 0.581. The lowest BCUT2D eigenvalue weighted by Gasteiger charge is -2.19. The molecule has 0 radical (unpaired) electrons. The van der Waals surface area contributed by atoms with Crippen LogP contribution in [0.25, 0.3) is 0 Å². The van der Waals surface area contributed by atoms with E-state index in [1.54, 1.807) is 0 Å². The first-order valence-electron chi connectivity index (χ1n) is 4.46. The van der Waals surface area contributed by atoms with Crippen molar-refractivity contribution >= 4 is 11.9 Å². The van der Waals surface area contributed by atoms with Crippen LogP contribution in [0.3, 0.4) is 0 Å². The molecule has 1 unspecified atom stereocenters. The van der Waals surface area contributed by atoms with E-state index in [1.807, 2.05) is 6.92 Å². The Balaban J connectivity index is 2.44. The largest absolute Gasteiger partial charge is 0.330 e. The number of carbonyl (C=O) groups excluding carboxylic acids is 2. The highest BCUT2D eigenvalue weighted by molar-refractivity contribution is 6.01. The van der Waals surface area contributed by atoms with Crippen LogP contribution in [0.15, 0.2) is 0 Å².